The number of anilines is 1. The molecule has 1 amide bonds. The third kappa shape index (κ3) is 6.60. The summed E-state index contributed by atoms with van der Waals surface area (Å²) in [6, 6.07) is 17.3. The number of amides is 1. The second-order valence-electron chi connectivity index (χ2n) is 8.12. The lowest BCUT2D eigenvalue weighted by atomic mass is 10.2. The highest BCUT2D eigenvalue weighted by Crippen LogP contribution is 2.37. The van der Waals surface area contributed by atoms with Gasteiger partial charge in [0.2, 0.25) is 0 Å². The molecule has 0 unspecified atom stereocenters. The molecule has 35 heavy (non-hydrogen) atoms. The van der Waals surface area contributed by atoms with Crippen LogP contribution in [0.2, 0.25) is 0 Å². The third-order valence-electron chi connectivity index (χ3n) is 5.61. The minimum Gasteiger partial charge on any atom is -0.490 e. The summed E-state index contributed by atoms with van der Waals surface area (Å²) in [6.45, 7) is 4.72. The molecule has 0 saturated carbocycles. The lowest BCUT2D eigenvalue weighted by Gasteiger charge is -2.17. The van der Waals surface area contributed by atoms with Gasteiger partial charge in [0.15, 0.2) is 11.5 Å². The number of nitrogens with zero attached hydrogens (tertiary/aromatic N) is 2. The number of hydrogen-bond acceptors (Lipinski definition) is 5. The largest absolute Gasteiger partial charge is 0.490 e. The number of carbonyl (C=O) groups is 1. The lowest BCUT2D eigenvalue weighted by molar-refractivity contribution is 0.0955. The molecular weight excluding hydrogens is 513 g/mol. The van der Waals surface area contributed by atoms with Crippen molar-refractivity contribution in [1.82, 2.24) is 5.43 Å². The number of carbonyl (C=O) groups excluding carboxylic acids is 1. The second-order valence-corrected chi connectivity index (χ2v) is 8.97. The van der Waals surface area contributed by atoms with Gasteiger partial charge >= 0.3 is 0 Å². The van der Waals surface area contributed by atoms with E-state index in [0.717, 1.165) is 29.9 Å². The Morgan fingerprint density at radius 3 is 2.49 bits per heavy atom. The molecule has 1 heterocycles. The van der Waals surface area contributed by atoms with Gasteiger partial charge in [0.1, 0.15) is 12.4 Å². The van der Waals surface area contributed by atoms with E-state index >= 15 is 0 Å². The van der Waals surface area contributed by atoms with Gasteiger partial charge in [-0.15, -0.1) is 0 Å². The van der Waals surface area contributed by atoms with E-state index in [-0.39, 0.29) is 18.3 Å². The van der Waals surface area contributed by atoms with Gasteiger partial charge in [0.25, 0.3) is 5.91 Å². The van der Waals surface area contributed by atoms with Crippen LogP contribution in [-0.4, -0.2) is 31.8 Å². The van der Waals surface area contributed by atoms with Crippen LogP contribution in [0.1, 0.15) is 41.3 Å². The molecule has 1 saturated heterocycles. The average Bonchev–Trinajstić information content (AvgIpc) is 3.40. The molecule has 0 atom stereocenters. The molecule has 0 aromatic heterocycles. The van der Waals surface area contributed by atoms with Crippen LogP contribution >= 0.6 is 15.9 Å². The number of nitrogens with one attached hydrogen (secondary N) is 1. The Labute approximate surface area is 212 Å². The second kappa shape index (κ2) is 11.8. The topological polar surface area (TPSA) is 63.2 Å². The Hall–Kier alpha value is -3.39. The van der Waals surface area contributed by atoms with E-state index in [1.165, 1.54) is 25.0 Å². The van der Waals surface area contributed by atoms with Crippen molar-refractivity contribution in [2.24, 2.45) is 5.10 Å². The summed E-state index contributed by atoms with van der Waals surface area (Å²) in [5.41, 5.74) is 5.81. The zero-order valence-electron chi connectivity index (χ0n) is 19.5. The van der Waals surface area contributed by atoms with Gasteiger partial charge in [0, 0.05) is 24.3 Å². The van der Waals surface area contributed by atoms with Crippen molar-refractivity contribution in [3.8, 4) is 11.5 Å². The Morgan fingerprint density at radius 1 is 1.09 bits per heavy atom. The van der Waals surface area contributed by atoms with Crippen LogP contribution < -0.4 is 19.8 Å². The fraction of sp³-hybridized carbons (Fsp3) is 0.259. The normalized spacial score (nSPS) is 13.3. The van der Waals surface area contributed by atoms with E-state index < -0.39 is 0 Å². The molecule has 3 aromatic carbocycles. The van der Waals surface area contributed by atoms with Gasteiger partial charge in [-0.3, -0.25) is 4.79 Å². The first kappa shape index (κ1) is 24.7. The van der Waals surface area contributed by atoms with Crippen molar-refractivity contribution in [3.05, 3.63) is 87.6 Å². The molecule has 8 heteroatoms. The monoisotopic (exact) mass is 539 g/mol. The van der Waals surface area contributed by atoms with Gasteiger partial charge in [0.05, 0.1) is 17.3 Å². The molecule has 3 aromatic rings. The van der Waals surface area contributed by atoms with E-state index in [9.17, 15) is 9.18 Å². The molecule has 1 fully saturated rings. The fourth-order valence-corrected chi connectivity index (χ4v) is 4.40. The molecule has 0 radical (unpaired) electrons. The van der Waals surface area contributed by atoms with Gasteiger partial charge in [-0.2, -0.15) is 5.10 Å². The van der Waals surface area contributed by atoms with Crippen LogP contribution in [0.5, 0.6) is 11.5 Å². The van der Waals surface area contributed by atoms with E-state index in [1.807, 2.05) is 37.3 Å². The number of hydrogen-bond donors (Lipinski definition) is 1. The predicted molar refractivity (Wildman–Crippen MR) is 139 cm³/mol. The summed E-state index contributed by atoms with van der Waals surface area (Å²) >= 11 is 3.53. The van der Waals surface area contributed by atoms with Gasteiger partial charge in [-0.05, 0) is 95.4 Å². The third-order valence-corrected chi connectivity index (χ3v) is 6.20. The van der Waals surface area contributed by atoms with Crippen molar-refractivity contribution >= 4 is 33.7 Å². The van der Waals surface area contributed by atoms with E-state index in [1.54, 1.807) is 24.4 Å². The number of halogens is 2. The van der Waals surface area contributed by atoms with Crippen molar-refractivity contribution in [2.45, 2.75) is 26.4 Å². The minimum absolute atomic E-state index is 0.263. The first-order chi connectivity index (χ1) is 17.0. The van der Waals surface area contributed by atoms with Crippen molar-refractivity contribution in [1.29, 1.82) is 0 Å². The van der Waals surface area contributed by atoms with E-state index in [0.29, 0.717) is 28.1 Å². The quantitative estimate of drug-likeness (QED) is 0.270. The zero-order chi connectivity index (χ0) is 24.6. The summed E-state index contributed by atoms with van der Waals surface area (Å²) in [6.07, 6.45) is 3.96. The first-order valence-corrected chi connectivity index (χ1v) is 12.3. The predicted octanol–water partition coefficient (Wildman–Crippen LogP) is 5.93. The van der Waals surface area contributed by atoms with Gasteiger partial charge in [-0.1, -0.05) is 12.1 Å². The zero-order valence-corrected chi connectivity index (χ0v) is 21.1. The molecular formula is C27H27BrFN3O3. The molecule has 1 N–H and O–H groups in total. The van der Waals surface area contributed by atoms with E-state index in [4.69, 9.17) is 9.47 Å². The summed E-state index contributed by atoms with van der Waals surface area (Å²) in [4.78, 5) is 14.8. The van der Waals surface area contributed by atoms with Crippen molar-refractivity contribution < 1.29 is 18.7 Å². The average molecular weight is 540 g/mol. The molecule has 0 spiro atoms. The van der Waals surface area contributed by atoms with Crippen LogP contribution in [0, 0.1) is 5.82 Å². The molecule has 4 rings (SSSR count). The Balaban J connectivity index is 1.40. The summed E-state index contributed by atoms with van der Waals surface area (Å²) in [5.74, 6) is 0.502. The highest BCUT2D eigenvalue weighted by Gasteiger charge is 2.14. The van der Waals surface area contributed by atoms with Crippen LogP contribution in [0.25, 0.3) is 0 Å². The van der Waals surface area contributed by atoms with Crippen molar-refractivity contribution in [2.75, 3.05) is 24.6 Å². The molecule has 1 aliphatic heterocycles. The molecule has 182 valence electrons. The van der Waals surface area contributed by atoms with Gasteiger partial charge < -0.3 is 14.4 Å². The van der Waals surface area contributed by atoms with Crippen LogP contribution in [0.4, 0.5) is 10.1 Å². The number of rotatable bonds is 9. The fourth-order valence-electron chi connectivity index (χ4n) is 3.83. The van der Waals surface area contributed by atoms with Gasteiger partial charge in [-0.25, -0.2) is 9.82 Å². The van der Waals surface area contributed by atoms with Crippen LogP contribution in [0.3, 0.4) is 0 Å². The Bertz CT molecular complexity index is 1180. The maximum Gasteiger partial charge on any atom is 0.271 e. The Kier molecular flexibility index (Phi) is 8.36. The SMILES string of the molecule is CCOc1cc(/C=N\NC(=O)c2ccc(N3CCCC3)cc2)cc(Br)c1OCc1ccc(F)cc1. The van der Waals surface area contributed by atoms with Crippen LogP contribution in [0.15, 0.2) is 70.2 Å². The number of benzene rings is 3. The Morgan fingerprint density at radius 2 is 1.80 bits per heavy atom. The minimum atomic E-state index is -0.292. The smallest absolute Gasteiger partial charge is 0.271 e. The van der Waals surface area contributed by atoms with Crippen molar-refractivity contribution in [3.63, 3.8) is 0 Å². The molecule has 0 aliphatic carbocycles. The highest BCUT2D eigenvalue weighted by atomic mass is 79.9. The molecule has 0 bridgehead atoms. The maximum absolute atomic E-state index is 13.1. The van der Waals surface area contributed by atoms with E-state index in [2.05, 4.69) is 31.4 Å². The standard InChI is InChI=1S/C27H27BrFN3O3/c1-2-34-25-16-20(15-24(28)26(25)35-18-19-5-9-22(29)10-6-19)17-30-31-27(33)21-7-11-23(12-8-21)32-13-3-4-14-32/h5-12,15-17H,2-4,13-14,18H2,1H3,(H,31,33)/b30-17-. The molecule has 6 nitrogen and oxygen atoms in total. The summed E-state index contributed by atoms with van der Waals surface area (Å²) < 4.78 is 25.5. The maximum atomic E-state index is 13.1. The lowest BCUT2D eigenvalue weighted by Crippen LogP contribution is -2.19. The summed E-state index contributed by atoms with van der Waals surface area (Å²) in [5, 5.41) is 4.10. The number of hydrazone groups is 1. The first-order valence-electron chi connectivity index (χ1n) is 11.6. The molecule has 1 aliphatic rings. The highest BCUT2D eigenvalue weighted by molar-refractivity contribution is 9.10. The van der Waals surface area contributed by atoms with Crippen LogP contribution in [-0.2, 0) is 6.61 Å². The number of ether oxygens (including phenoxy) is 2. The summed E-state index contributed by atoms with van der Waals surface area (Å²) in [7, 11) is 0.